The Morgan fingerprint density at radius 1 is 1.19 bits per heavy atom. The molecule has 2 aromatic carbocycles. The third-order valence-corrected chi connectivity index (χ3v) is 8.58. The number of fused-ring (bicyclic) bond motifs is 3. The highest BCUT2D eigenvalue weighted by Gasteiger charge is 2.57. The quantitative estimate of drug-likeness (QED) is 0.203. The van der Waals surface area contributed by atoms with Crippen molar-refractivity contribution in [2.75, 3.05) is 18.6 Å². The number of phenols is 1. The summed E-state index contributed by atoms with van der Waals surface area (Å²) in [6, 6.07) is 10.3. The van der Waals surface area contributed by atoms with Crippen LogP contribution in [0.5, 0.6) is 5.75 Å². The van der Waals surface area contributed by atoms with E-state index in [1.54, 1.807) is 25.3 Å². The highest BCUT2D eigenvalue weighted by atomic mass is 19.1. The molecule has 2 fully saturated rings. The summed E-state index contributed by atoms with van der Waals surface area (Å²) in [6.07, 6.45) is 3.60. The number of anilines is 1. The first-order valence-corrected chi connectivity index (χ1v) is 14.2. The van der Waals surface area contributed by atoms with E-state index in [9.17, 15) is 34.2 Å². The Morgan fingerprint density at radius 2 is 1.98 bits per heavy atom. The molecule has 0 bridgehead atoms. The minimum Gasteiger partial charge on any atom is -0.505 e. The predicted octanol–water partition coefficient (Wildman–Crippen LogP) is 2.43. The van der Waals surface area contributed by atoms with E-state index in [1.807, 2.05) is 13.0 Å². The number of phenolic OH excluding ortho intramolecular Hbond substituents is 1. The van der Waals surface area contributed by atoms with Crippen molar-refractivity contribution in [2.24, 2.45) is 17.8 Å². The van der Waals surface area contributed by atoms with E-state index >= 15 is 0 Å². The molecule has 5 rings (SSSR count). The Bertz CT molecular complexity index is 1430. The number of imide groups is 1. The molecule has 42 heavy (non-hydrogen) atoms. The zero-order chi connectivity index (χ0) is 30.1. The van der Waals surface area contributed by atoms with E-state index in [4.69, 9.17) is 9.39 Å². The van der Waals surface area contributed by atoms with E-state index < -0.39 is 49.7 Å². The fraction of sp³-hybridized carbons (Fsp3) is 0.400. The van der Waals surface area contributed by atoms with Crippen molar-refractivity contribution in [1.82, 2.24) is 0 Å². The third kappa shape index (κ3) is 5.82. The van der Waals surface area contributed by atoms with Gasteiger partial charge in [-0.2, -0.15) is 0 Å². The van der Waals surface area contributed by atoms with Gasteiger partial charge in [0.15, 0.2) is 11.6 Å². The monoisotopic (exact) mass is 577 g/mol. The van der Waals surface area contributed by atoms with Crippen LogP contribution in [0.15, 0.2) is 59.2 Å². The van der Waals surface area contributed by atoms with Crippen LogP contribution in [0, 0.1) is 23.6 Å². The lowest BCUT2D eigenvalue weighted by Crippen LogP contribution is -2.46. The highest BCUT2D eigenvalue weighted by molar-refractivity contribution is 6.58. The van der Waals surface area contributed by atoms with Gasteiger partial charge in [-0.05, 0) is 84.4 Å². The SMILES string of the molecule is CC/C(=C\c1ccc(O)c(F)c1)CC[C@H]1OB(O)C[C@H]2C1=C(COC)C[C@H]1C(=O)N(c3cccc(B(O)O)c3)C(=O)[C@H]12. The molecule has 1 aliphatic carbocycles. The molecule has 2 aliphatic heterocycles. The van der Waals surface area contributed by atoms with Gasteiger partial charge in [-0.15, -0.1) is 0 Å². The second kappa shape index (κ2) is 12.5. The van der Waals surface area contributed by atoms with Gasteiger partial charge in [-0.25, -0.2) is 4.39 Å². The molecule has 2 saturated heterocycles. The molecule has 0 radical (unpaired) electrons. The van der Waals surface area contributed by atoms with Gasteiger partial charge in [0.05, 0.1) is 30.2 Å². The smallest absolute Gasteiger partial charge is 0.488 e. The van der Waals surface area contributed by atoms with Crippen LogP contribution in [-0.2, 0) is 19.0 Å². The molecular weight excluding hydrogens is 543 g/mol. The minimum absolute atomic E-state index is 0.158. The fourth-order valence-electron chi connectivity index (χ4n) is 6.67. The zero-order valence-electron chi connectivity index (χ0n) is 23.6. The number of hydrogen-bond donors (Lipinski definition) is 4. The molecule has 2 amide bonds. The summed E-state index contributed by atoms with van der Waals surface area (Å²) >= 11 is 0. The molecule has 9 nitrogen and oxygen atoms in total. The molecular formula is C30H34B2FNO8. The van der Waals surface area contributed by atoms with Gasteiger partial charge in [-0.3, -0.25) is 14.5 Å². The van der Waals surface area contributed by atoms with E-state index in [1.165, 1.54) is 24.3 Å². The molecule has 3 aliphatic rings. The van der Waals surface area contributed by atoms with Crippen molar-refractivity contribution < 1.29 is 43.5 Å². The van der Waals surface area contributed by atoms with Gasteiger partial charge in [0.2, 0.25) is 11.8 Å². The van der Waals surface area contributed by atoms with Crippen molar-refractivity contribution in [3.63, 3.8) is 0 Å². The summed E-state index contributed by atoms with van der Waals surface area (Å²) in [6.45, 7) is 2.24. The number of hydrogen-bond acceptors (Lipinski definition) is 8. The number of allylic oxidation sites excluding steroid dienone is 1. The average molecular weight is 577 g/mol. The van der Waals surface area contributed by atoms with E-state index in [2.05, 4.69) is 0 Å². The molecule has 0 saturated carbocycles. The summed E-state index contributed by atoms with van der Waals surface area (Å²) in [5.41, 5.74) is 3.85. The molecule has 4 atom stereocenters. The summed E-state index contributed by atoms with van der Waals surface area (Å²) in [4.78, 5) is 28.7. The second-order valence-electron chi connectivity index (χ2n) is 11.1. The topological polar surface area (TPSA) is 137 Å². The number of methoxy groups -OCH3 is 1. The molecule has 0 spiro atoms. The van der Waals surface area contributed by atoms with Crippen molar-refractivity contribution >= 4 is 43.3 Å². The number of halogens is 1. The number of carbonyl (C=O) groups excluding carboxylic acids is 2. The van der Waals surface area contributed by atoms with E-state index in [-0.39, 0.29) is 35.9 Å². The summed E-state index contributed by atoms with van der Waals surface area (Å²) in [5, 5.41) is 39.5. The molecule has 0 aromatic heterocycles. The lowest BCUT2D eigenvalue weighted by Gasteiger charge is -2.43. The molecule has 12 heteroatoms. The summed E-state index contributed by atoms with van der Waals surface area (Å²) in [7, 11) is -1.31. The number of ether oxygens (including phenoxy) is 1. The average Bonchev–Trinajstić information content (AvgIpc) is 3.21. The Labute approximate surface area is 244 Å². The van der Waals surface area contributed by atoms with Crippen LogP contribution < -0.4 is 10.4 Å². The Balaban J connectivity index is 1.44. The van der Waals surface area contributed by atoms with Crippen LogP contribution in [0.25, 0.3) is 6.08 Å². The standard InChI is InChI=1S/C30H34B2FNO8/c1-3-17(11-18-7-9-25(35)24(33)12-18)8-10-26-27-19(16-41-2)13-22-28(23(27)15-31(38)42-26)30(37)34(29(22)36)21-6-4-5-20(14-21)32(39)40/h4-7,9,11-12,14,22-23,26,28,35,38-40H,3,8,10,13,15-16H2,1-2H3/b17-11+/t22-,23+,26-,28-/m1/s1. The van der Waals surface area contributed by atoms with Gasteiger partial charge >= 0.3 is 14.2 Å². The normalized spacial score (nSPS) is 24.3. The summed E-state index contributed by atoms with van der Waals surface area (Å²) in [5.74, 6) is -3.63. The maximum absolute atomic E-state index is 13.9. The summed E-state index contributed by atoms with van der Waals surface area (Å²) < 4.78 is 25.4. The van der Waals surface area contributed by atoms with Crippen LogP contribution in [0.3, 0.4) is 0 Å². The maximum Gasteiger partial charge on any atom is 0.488 e. The van der Waals surface area contributed by atoms with Gasteiger partial charge in [0, 0.05) is 7.11 Å². The zero-order valence-corrected chi connectivity index (χ0v) is 23.6. The molecule has 220 valence electrons. The van der Waals surface area contributed by atoms with Crippen LogP contribution >= 0.6 is 0 Å². The maximum atomic E-state index is 13.9. The Kier molecular flexibility index (Phi) is 9.00. The van der Waals surface area contributed by atoms with Gasteiger partial charge in [0.1, 0.15) is 0 Å². The first kappa shape index (κ1) is 30.2. The molecule has 4 N–H and O–H groups in total. The van der Waals surface area contributed by atoms with Gasteiger partial charge < -0.3 is 29.6 Å². The van der Waals surface area contributed by atoms with Crippen molar-refractivity contribution in [1.29, 1.82) is 0 Å². The van der Waals surface area contributed by atoms with Gasteiger partial charge in [-0.1, -0.05) is 36.8 Å². The van der Waals surface area contributed by atoms with E-state index in [0.29, 0.717) is 31.2 Å². The fourth-order valence-corrected chi connectivity index (χ4v) is 6.67. The number of carbonyl (C=O) groups is 2. The van der Waals surface area contributed by atoms with Crippen molar-refractivity contribution in [3.05, 3.63) is 70.6 Å². The first-order chi connectivity index (χ1) is 20.1. The van der Waals surface area contributed by atoms with Gasteiger partial charge in [0.25, 0.3) is 0 Å². The predicted molar refractivity (Wildman–Crippen MR) is 156 cm³/mol. The third-order valence-electron chi connectivity index (χ3n) is 8.58. The van der Waals surface area contributed by atoms with Crippen molar-refractivity contribution in [3.8, 4) is 5.75 Å². The number of nitrogens with zero attached hydrogens (tertiary/aromatic N) is 1. The first-order valence-electron chi connectivity index (χ1n) is 14.2. The molecule has 0 unspecified atom stereocenters. The van der Waals surface area contributed by atoms with Crippen LogP contribution in [0.4, 0.5) is 10.1 Å². The lowest BCUT2D eigenvalue weighted by atomic mass is 9.58. The number of benzene rings is 2. The molecule has 2 heterocycles. The molecule has 2 aromatic rings. The lowest BCUT2D eigenvalue weighted by molar-refractivity contribution is -0.122. The largest absolute Gasteiger partial charge is 0.505 e. The highest BCUT2D eigenvalue weighted by Crippen LogP contribution is 2.51. The number of rotatable bonds is 9. The van der Waals surface area contributed by atoms with Crippen LogP contribution in [-0.4, -0.2) is 66.1 Å². The van der Waals surface area contributed by atoms with Crippen LogP contribution in [0.1, 0.15) is 38.2 Å². The minimum atomic E-state index is -1.75. The second-order valence-corrected chi connectivity index (χ2v) is 11.1. The Hall–Kier alpha value is -3.28. The van der Waals surface area contributed by atoms with Crippen LogP contribution in [0.2, 0.25) is 6.32 Å². The number of amides is 2. The number of aromatic hydroxyl groups is 1. The van der Waals surface area contributed by atoms with E-state index in [0.717, 1.165) is 21.6 Å². The Morgan fingerprint density at radius 3 is 2.67 bits per heavy atom. The van der Waals surface area contributed by atoms with Crippen molar-refractivity contribution in [2.45, 2.75) is 45.0 Å².